The Bertz CT molecular complexity index is 1890. The van der Waals surface area contributed by atoms with Crippen LogP contribution in [0.25, 0.3) is 0 Å². The minimum absolute atomic E-state index is 0.00444. The van der Waals surface area contributed by atoms with Crippen LogP contribution in [0.4, 0.5) is 17.7 Å². The molecule has 3 heterocycles. The third-order valence-corrected chi connectivity index (χ3v) is 8.71. The molecule has 1 atom stereocenters. The molecule has 0 unspecified atom stereocenters. The molecule has 2 aromatic heterocycles. The van der Waals surface area contributed by atoms with Crippen LogP contribution >= 0.6 is 11.6 Å². The molecule has 0 radical (unpaired) electrons. The summed E-state index contributed by atoms with van der Waals surface area (Å²) in [6.07, 6.45) is 5.75. The number of aliphatic hydroxyl groups is 1. The van der Waals surface area contributed by atoms with E-state index < -0.39 is 47.3 Å². The Kier molecular flexibility index (Phi) is 17.7. The molecule has 58 heavy (non-hydrogen) atoms. The van der Waals surface area contributed by atoms with Crippen LogP contribution in [0.2, 0.25) is 5.02 Å². The molecule has 1 amide bonds. The van der Waals surface area contributed by atoms with Crippen molar-refractivity contribution in [2.75, 3.05) is 49.0 Å². The Hall–Kier alpha value is -6.42. The Morgan fingerprint density at radius 3 is 2.36 bits per heavy atom. The number of benzene rings is 1. The molecule has 1 aliphatic rings. The van der Waals surface area contributed by atoms with Crippen molar-refractivity contribution >= 4 is 59.1 Å². The molecule has 0 spiro atoms. The number of halogens is 1. The van der Waals surface area contributed by atoms with Gasteiger partial charge >= 0.3 is 23.9 Å². The van der Waals surface area contributed by atoms with Crippen LogP contribution in [0.1, 0.15) is 67.3 Å². The van der Waals surface area contributed by atoms with Crippen molar-refractivity contribution in [3.8, 4) is 5.75 Å². The molecule has 314 valence electrons. The molecule has 5 N–H and O–H groups in total. The molecule has 1 aromatic carbocycles. The van der Waals surface area contributed by atoms with E-state index >= 15 is 0 Å². The number of esters is 1. The lowest BCUT2D eigenvalue weighted by atomic mass is 9.96. The zero-order valence-corrected chi connectivity index (χ0v) is 32.2. The first-order valence-electron chi connectivity index (χ1n) is 17.6. The highest BCUT2D eigenvalue weighted by Gasteiger charge is 2.40. The van der Waals surface area contributed by atoms with E-state index in [0.29, 0.717) is 54.9 Å². The Balaban J connectivity index is 0.000000594. The standard InChI is InChI=1S/C29H35ClN8O7.C6H8O7/c1-36(28-31-12-7-13-32-28)27(40)22-18-34-29(35-26(22)33-17-20-10-11-24(43-2)23(30)16-20)37-14-6-8-21(37)19-44-25(39)9-4-3-5-15-45-38(41)42;7-3(8)1-6(13,5(11)12)2-4(9)10/h7,10-13,16,18,21H,3-6,8-9,14-15,17,19H2,1-2H3,(H,33,34,35);13H,1-2H2,(H,7,8)(H,9,10)(H,11,12)/t21-;/m0./s1. The van der Waals surface area contributed by atoms with Crippen molar-refractivity contribution in [3.63, 3.8) is 0 Å². The molecular formula is C35H43ClN8O14. The van der Waals surface area contributed by atoms with Crippen LogP contribution in [0, 0.1) is 10.1 Å². The summed E-state index contributed by atoms with van der Waals surface area (Å²) in [4.78, 5) is 91.7. The normalized spacial score (nSPS) is 13.4. The number of aromatic nitrogens is 4. The molecule has 1 aliphatic heterocycles. The number of aliphatic carboxylic acids is 3. The maximum atomic E-state index is 13.5. The third-order valence-electron chi connectivity index (χ3n) is 8.42. The summed E-state index contributed by atoms with van der Waals surface area (Å²) >= 11 is 6.32. The number of ether oxygens (including phenoxy) is 2. The second-order valence-corrected chi connectivity index (χ2v) is 13.1. The number of amides is 1. The number of hydrogen-bond acceptors (Lipinski definition) is 17. The first-order valence-corrected chi connectivity index (χ1v) is 18.0. The quantitative estimate of drug-likeness (QED) is 0.0446. The van der Waals surface area contributed by atoms with Crippen molar-refractivity contribution in [1.29, 1.82) is 0 Å². The zero-order chi connectivity index (χ0) is 42.8. The van der Waals surface area contributed by atoms with E-state index in [-0.39, 0.29) is 43.2 Å². The predicted molar refractivity (Wildman–Crippen MR) is 202 cm³/mol. The summed E-state index contributed by atoms with van der Waals surface area (Å²) < 4.78 is 10.8. The molecule has 3 aromatic rings. The number of hydrogen-bond donors (Lipinski definition) is 5. The summed E-state index contributed by atoms with van der Waals surface area (Å²) in [5.41, 5.74) is -1.67. The van der Waals surface area contributed by atoms with Gasteiger partial charge in [0.15, 0.2) is 5.60 Å². The molecule has 22 nitrogen and oxygen atoms in total. The second kappa shape index (κ2) is 22.4. The van der Waals surface area contributed by atoms with Crippen LogP contribution < -0.4 is 19.9 Å². The van der Waals surface area contributed by atoms with Gasteiger partial charge in [0.1, 0.15) is 23.7 Å². The van der Waals surface area contributed by atoms with E-state index in [9.17, 15) is 34.1 Å². The fourth-order valence-corrected chi connectivity index (χ4v) is 5.76. The number of rotatable bonds is 21. The van der Waals surface area contributed by atoms with Gasteiger partial charge in [-0.1, -0.05) is 24.1 Å². The first kappa shape index (κ1) is 46.0. The van der Waals surface area contributed by atoms with E-state index in [2.05, 4.69) is 25.1 Å². The number of carbonyl (C=O) groups is 5. The van der Waals surface area contributed by atoms with Crippen molar-refractivity contribution in [3.05, 3.63) is 69.1 Å². The number of unbranched alkanes of at least 4 members (excludes halogenated alkanes) is 2. The number of carboxylic acids is 3. The van der Waals surface area contributed by atoms with E-state index in [1.165, 1.54) is 11.1 Å². The summed E-state index contributed by atoms with van der Waals surface area (Å²) in [5.74, 6) is -4.29. The van der Waals surface area contributed by atoms with E-state index in [4.69, 9.17) is 46.5 Å². The van der Waals surface area contributed by atoms with Gasteiger partial charge in [-0.25, -0.2) is 19.7 Å². The van der Waals surface area contributed by atoms with E-state index in [0.717, 1.165) is 18.4 Å². The topological polar surface area (TPSA) is 307 Å². The highest BCUT2D eigenvalue weighted by Crippen LogP contribution is 2.28. The number of carboxylic acid groups (broad SMARTS) is 3. The second-order valence-electron chi connectivity index (χ2n) is 12.7. The fraction of sp³-hybridized carbons (Fsp3) is 0.457. The van der Waals surface area contributed by atoms with Crippen LogP contribution in [-0.4, -0.2) is 121 Å². The molecule has 0 bridgehead atoms. The van der Waals surface area contributed by atoms with Gasteiger partial charge in [-0.05, 0) is 49.4 Å². The van der Waals surface area contributed by atoms with Gasteiger partial charge in [-0.15, -0.1) is 10.1 Å². The number of nitrogens with one attached hydrogen (secondary N) is 1. The Labute approximate surface area is 335 Å². The maximum absolute atomic E-state index is 13.5. The molecule has 0 aliphatic carbocycles. The minimum Gasteiger partial charge on any atom is -0.495 e. The highest BCUT2D eigenvalue weighted by molar-refractivity contribution is 6.32. The number of nitrogens with zero attached hydrogens (tertiary/aromatic N) is 7. The van der Waals surface area contributed by atoms with E-state index in [1.54, 1.807) is 44.8 Å². The monoisotopic (exact) mass is 834 g/mol. The molecule has 23 heteroatoms. The fourth-order valence-electron chi connectivity index (χ4n) is 5.48. The lowest BCUT2D eigenvalue weighted by Gasteiger charge is -2.25. The SMILES string of the molecule is COc1ccc(CNc2nc(N3CCC[C@H]3COC(=O)CCCCCO[N+](=O)[O-])ncc2C(=O)N(C)c2ncccn2)cc1Cl.O=C(O)CC(O)(CC(=O)O)C(=O)O. The van der Waals surface area contributed by atoms with Gasteiger partial charge in [0.2, 0.25) is 11.9 Å². The summed E-state index contributed by atoms with van der Waals surface area (Å²) in [6.45, 7) is 1.13. The smallest absolute Gasteiger partial charge is 0.336 e. The maximum Gasteiger partial charge on any atom is 0.336 e. The highest BCUT2D eigenvalue weighted by atomic mass is 35.5. The Morgan fingerprint density at radius 2 is 1.76 bits per heavy atom. The van der Waals surface area contributed by atoms with Crippen molar-refractivity contribution in [2.45, 2.75) is 69.6 Å². The van der Waals surface area contributed by atoms with Crippen LogP contribution in [-0.2, 0) is 35.3 Å². The average Bonchev–Trinajstić information content (AvgIpc) is 3.65. The predicted octanol–water partition coefficient (Wildman–Crippen LogP) is 2.85. The van der Waals surface area contributed by atoms with Crippen molar-refractivity contribution in [2.24, 2.45) is 0 Å². The first-order chi connectivity index (χ1) is 27.5. The number of anilines is 3. The summed E-state index contributed by atoms with van der Waals surface area (Å²) in [5, 5.41) is 46.9. The molecule has 1 saturated heterocycles. The van der Waals surface area contributed by atoms with Crippen molar-refractivity contribution in [1.82, 2.24) is 19.9 Å². The third kappa shape index (κ3) is 14.3. The summed E-state index contributed by atoms with van der Waals surface area (Å²) in [7, 11) is 3.11. The van der Waals surface area contributed by atoms with Crippen molar-refractivity contribution < 1.29 is 63.8 Å². The molecular weight excluding hydrogens is 792 g/mol. The number of carbonyl (C=O) groups excluding carboxylic acids is 2. The van der Waals surface area contributed by atoms with Gasteiger partial charge < -0.3 is 45.0 Å². The lowest BCUT2D eigenvalue weighted by Crippen LogP contribution is -2.42. The van der Waals surface area contributed by atoms with Gasteiger partial charge in [-0.3, -0.25) is 24.1 Å². The minimum atomic E-state index is -2.74. The lowest BCUT2D eigenvalue weighted by molar-refractivity contribution is -0.757. The largest absolute Gasteiger partial charge is 0.495 e. The zero-order valence-electron chi connectivity index (χ0n) is 31.5. The summed E-state index contributed by atoms with van der Waals surface area (Å²) in [6, 6.07) is 6.91. The van der Waals surface area contributed by atoms with Gasteiger partial charge in [0.05, 0.1) is 37.6 Å². The van der Waals surface area contributed by atoms with Gasteiger partial charge in [0, 0.05) is 45.1 Å². The average molecular weight is 835 g/mol. The van der Waals surface area contributed by atoms with E-state index in [1.807, 2.05) is 11.0 Å². The van der Waals surface area contributed by atoms with Gasteiger partial charge in [0.25, 0.3) is 11.0 Å². The Morgan fingerprint density at radius 1 is 1.07 bits per heavy atom. The van der Waals surface area contributed by atoms with Gasteiger partial charge in [-0.2, -0.15) is 4.98 Å². The van der Waals surface area contributed by atoms with Crippen LogP contribution in [0.15, 0.2) is 42.9 Å². The molecule has 1 fully saturated rings. The molecule has 0 saturated carbocycles. The van der Waals surface area contributed by atoms with Crippen LogP contribution in [0.5, 0.6) is 5.75 Å². The van der Waals surface area contributed by atoms with Crippen LogP contribution in [0.3, 0.4) is 0 Å². The molecule has 4 rings (SSSR count). The number of methoxy groups -OCH3 is 1.